The highest BCUT2D eigenvalue weighted by Crippen LogP contribution is 2.19. The molecule has 0 aliphatic rings. The summed E-state index contributed by atoms with van der Waals surface area (Å²) in [6.07, 6.45) is 0. The lowest BCUT2D eigenvalue weighted by Gasteiger charge is -2.15. The summed E-state index contributed by atoms with van der Waals surface area (Å²) in [4.78, 5) is 12.4. The van der Waals surface area contributed by atoms with Crippen molar-refractivity contribution < 1.29 is 4.79 Å². The van der Waals surface area contributed by atoms with Crippen LogP contribution < -0.4 is 10.6 Å². The van der Waals surface area contributed by atoms with Crippen molar-refractivity contribution in [3.63, 3.8) is 0 Å². The van der Waals surface area contributed by atoms with E-state index in [1.54, 1.807) is 4.68 Å². The number of anilines is 1. The third-order valence-electron chi connectivity index (χ3n) is 4.30. The van der Waals surface area contributed by atoms with Crippen LogP contribution in [0, 0.1) is 13.8 Å². The van der Waals surface area contributed by atoms with Crippen LogP contribution in [0.1, 0.15) is 29.8 Å². The molecule has 0 saturated carbocycles. The second-order valence-electron chi connectivity index (χ2n) is 6.62. The number of hydrogen-bond donors (Lipinski definition) is 2. The van der Waals surface area contributed by atoms with Gasteiger partial charge in [-0.1, -0.05) is 41.4 Å². The molecule has 0 radical (unpaired) electrons. The molecule has 6 heteroatoms. The van der Waals surface area contributed by atoms with Gasteiger partial charge in [0.05, 0.1) is 17.9 Å². The molecular weight excluding hydrogens is 360 g/mol. The predicted octanol–water partition coefficient (Wildman–Crippen LogP) is 4.43. The van der Waals surface area contributed by atoms with E-state index in [0.29, 0.717) is 10.8 Å². The minimum absolute atomic E-state index is 0.0122. The van der Waals surface area contributed by atoms with Crippen LogP contribution in [0.2, 0.25) is 5.02 Å². The summed E-state index contributed by atoms with van der Waals surface area (Å²) in [6, 6.07) is 17.5. The molecule has 1 atom stereocenters. The fourth-order valence-electron chi connectivity index (χ4n) is 2.80. The lowest BCUT2D eigenvalue weighted by atomic mass is 10.1. The van der Waals surface area contributed by atoms with Gasteiger partial charge >= 0.3 is 0 Å². The van der Waals surface area contributed by atoms with Crippen molar-refractivity contribution in [3.05, 3.63) is 76.4 Å². The number of carbonyl (C=O) groups is 1. The molecule has 3 rings (SSSR count). The lowest BCUT2D eigenvalue weighted by Crippen LogP contribution is -2.30. The van der Waals surface area contributed by atoms with E-state index in [9.17, 15) is 4.79 Å². The Balaban J connectivity index is 1.65. The van der Waals surface area contributed by atoms with Crippen molar-refractivity contribution in [2.24, 2.45) is 0 Å². The zero-order valence-electron chi connectivity index (χ0n) is 15.7. The molecule has 27 heavy (non-hydrogen) atoms. The Labute approximate surface area is 164 Å². The number of amides is 1. The molecule has 0 aliphatic carbocycles. The van der Waals surface area contributed by atoms with Gasteiger partial charge < -0.3 is 10.6 Å². The van der Waals surface area contributed by atoms with Crippen molar-refractivity contribution in [2.45, 2.75) is 26.8 Å². The molecule has 140 valence electrons. The molecule has 1 amide bonds. The first-order valence-corrected chi connectivity index (χ1v) is 9.22. The van der Waals surface area contributed by atoms with Gasteiger partial charge in [-0.3, -0.25) is 4.79 Å². The number of aryl methyl sites for hydroxylation is 2. The second kappa shape index (κ2) is 8.37. The molecule has 2 aromatic carbocycles. The molecule has 1 unspecified atom stereocenters. The maximum atomic E-state index is 12.4. The number of nitrogens with one attached hydrogen (secondary N) is 2. The molecule has 0 aliphatic heterocycles. The average Bonchev–Trinajstić information content (AvgIpc) is 3.00. The monoisotopic (exact) mass is 382 g/mol. The second-order valence-corrected chi connectivity index (χ2v) is 7.06. The fraction of sp³-hybridized carbons (Fsp3) is 0.238. The Morgan fingerprint density at radius 1 is 1.15 bits per heavy atom. The van der Waals surface area contributed by atoms with Crippen LogP contribution in [0.25, 0.3) is 5.69 Å². The SMILES string of the molecule is Cc1ccc(-n2nc(C)cc2NC(=O)CNC(C)c2cccc(Cl)c2)cc1. The van der Waals surface area contributed by atoms with E-state index < -0.39 is 0 Å². The highest BCUT2D eigenvalue weighted by Gasteiger charge is 2.12. The van der Waals surface area contributed by atoms with Gasteiger partial charge in [0.25, 0.3) is 0 Å². The lowest BCUT2D eigenvalue weighted by molar-refractivity contribution is -0.115. The Morgan fingerprint density at radius 2 is 1.89 bits per heavy atom. The van der Waals surface area contributed by atoms with Crippen LogP contribution in [0.15, 0.2) is 54.6 Å². The van der Waals surface area contributed by atoms with Gasteiger partial charge in [-0.05, 0) is 50.6 Å². The molecule has 0 spiro atoms. The molecule has 5 nitrogen and oxygen atoms in total. The topological polar surface area (TPSA) is 59.0 Å². The fourth-order valence-corrected chi connectivity index (χ4v) is 3.00. The van der Waals surface area contributed by atoms with E-state index in [1.165, 1.54) is 5.56 Å². The first kappa shape index (κ1) is 19.1. The zero-order chi connectivity index (χ0) is 19.4. The number of carbonyl (C=O) groups excluding carboxylic acids is 1. The van der Waals surface area contributed by atoms with Gasteiger partial charge in [0.1, 0.15) is 5.82 Å². The number of aromatic nitrogens is 2. The van der Waals surface area contributed by atoms with Gasteiger partial charge in [-0.15, -0.1) is 0 Å². The van der Waals surface area contributed by atoms with Crippen molar-refractivity contribution in [2.75, 3.05) is 11.9 Å². The standard InChI is InChI=1S/C21H23ClN4O/c1-14-7-9-19(10-8-14)26-20(11-15(2)25-26)24-21(27)13-23-16(3)17-5-4-6-18(22)12-17/h4-12,16,23H,13H2,1-3H3,(H,24,27). The van der Waals surface area contributed by atoms with E-state index in [2.05, 4.69) is 15.7 Å². The number of hydrogen-bond acceptors (Lipinski definition) is 3. The van der Waals surface area contributed by atoms with Crippen molar-refractivity contribution in [1.82, 2.24) is 15.1 Å². The summed E-state index contributed by atoms with van der Waals surface area (Å²) >= 11 is 6.03. The Hall–Kier alpha value is -2.63. The summed E-state index contributed by atoms with van der Waals surface area (Å²) in [7, 11) is 0. The van der Waals surface area contributed by atoms with Crippen LogP contribution in [-0.2, 0) is 4.79 Å². The smallest absolute Gasteiger partial charge is 0.239 e. The van der Waals surface area contributed by atoms with Crippen LogP contribution >= 0.6 is 11.6 Å². The Bertz CT molecular complexity index is 934. The largest absolute Gasteiger partial charge is 0.309 e. The third-order valence-corrected chi connectivity index (χ3v) is 4.53. The molecule has 0 fully saturated rings. The summed E-state index contributed by atoms with van der Waals surface area (Å²) < 4.78 is 1.74. The number of nitrogens with zero attached hydrogens (tertiary/aromatic N) is 2. The molecule has 1 aromatic heterocycles. The van der Waals surface area contributed by atoms with Crippen LogP contribution in [0.4, 0.5) is 5.82 Å². The van der Waals surface area contributed by atoms with Gasteiger partial charge in [0.15, 0.2) is 0 Å². The average molecular weight is 383 g/mol. The van der Waals surface area contributed by atoms with Crippen molar-refractivity contribution in [1.29, 1.82) is 0 Å². The quantitative estimate of drug-likeness (QED) is 0.663. The van der Waals surface area contributed by atoms with Crippen LogP contribution in [0.5, 0.6) is 0 Å². The molecule has 0 saturated heterocycles. The number of halogens is 1. The van der Waals surface area contributed by atoms with E-state index in [4.69, 9.17) is 11.6 Å². The van der Waals surface area contributed by atoms with Crippen LogP contribution in [-0.4, -0.2) is 22.2 Å². The summed E-state index contributed by atoms with van der Waals surface area (Å²) in [5.74, 6) is 0.524. The molecule has 2 N–H and O–H groups in total. The summed E-state index contributed by atoms with van der Waals surface area (Å²) in [6.45, 7) is 6.12. The molecular formula is C21H23ClN4O. The predicted molar refractivity (Wildman–Crippen MR) is 110 cm³/mol. The van der Waals surface area contributed by atoms with Crippen molar-refractivity contribution >= 4 is 23.3 Å². The third kappa shape index (κ3) is 4.96. The highest BCUT2D eigenvalue weighted by molar-refractivity contribution is 6.30. The van der Waals surface area contributed by atoms with Gasteiger partial charge in [-0.2, -0.15) is 5.10 Å². The minimum Gasteiger partial charge on any atom is -0.309 e. The Kier molecular flexibility index (Phi) is 5.94. The molecule has 3 aromatic rings. The van der Waals surface area contributed by atoms with Gasteiger partial charge in [0.2, 0.25) is 5.91 Å². The number of benzene rings is 2. The summed E-state index contributed by atoms with van der Waals surface area (Å²) in [5, 5.41) is 11.3. The van der Waals surface area contributed by atoms with Gasteiger partial charge in [0, 0.05) is 17.1 Å². The van der Waals surface area contributed by atoms with Crippen molar-refractivity contribution in [3.8, 4) is 5.69 Å². The first-order chi connectivity index (χ1) is 12.9. The Morgan fingerprint density at radius 3 is 2.59 bits per heavy atom. The van der Waals surface area contributed by atoms with Crippen LogP contribution in [0.3, 0.4) is 0 Å². The maximum Gasteiger partial charge on any atom is 0.239 e. The van der Waals surface area contributed by atoms with E-state index >= 15 is 0 Å². The molecule has 1 heterocycles. The highest BCUT2D eigenvalue weighted by atomic mass is 35.5. The minimum atomic E-state index is -0.128. The number of rotatable bonds is 6. The first-order valence-electron chi connectivity index (χ1n) is 8.85. The summed E-state index contributed by atoms with van der Waals surface area (Å²) in [5.41, 5.74) is 3.96. The van der Waals surface area contributed by atoms with E-state index in [0.717, 1.165) is 16.9 Å². The van der Waals surface area contributed by atoms with E-state index in [1.807, 2.05) is 75.4 Å². The van der Waals surface area contributed by atoms with E-state index in [-0.39, 0.29) is 18.5 Å². The zero-order valence-corrected chi connectivity index (χ0v) is 16.4. The van der Waals surface area contributed by atoms with Gasteiger partial charge in [-0.25, -0.2) is 4.68 Å². The maximum absolute atomic E-state index is 12.4. The normalized spacial score (nSPS) is 12.0. The molecule has 0 bridgehead atoms.